The van der Waals surface area contributed by atoms with Crippen LogP contribution in [0.25, 0.3) is 0 Å². The molecule has 0 aromatic carbocycles. The Bertz CT molecular complexity index is 900. The average Bonchev–Trinajstić information content (AvgIpc) is 3.11. The van der Waals surface area contributed by atoms with Crippen molar-refractivity contribution in [3.63, 3.8) is 0 Å². The summed E-state index contributed by atoms with van der Waals surface area (Å²) >= 11 is 0. The summed E-state index contributed by atoms with van der Waals surface area (Å²) in [5.74, 6) is -0.334. The van der Waals surface area contributed by atoms with Crippen LogP contribution in [0.5, 0.6) is 0 Å². The second-order valence-electron chi connectivity index (χ2n) is 13.3. The molecule has 9 heteroatoms. The maximum absolute atomic E-state index is 12.7. The van der Waals surface area contributed by atoms with Crippen LogP contribution in [0, 0.1) is 0 Å². The Morgan fingerprint density at radius 3 is 1.86 bits per heavy atom. The predicted octanol–water partition coefficient (Wildman–Crippen LogP) is 7.80. The van der Waals surface area contributed by atoms with Crippen molar-refractivity contribution in [2.75, 3.05) is 26.4 Å². The number of unbranched alkanes of at least 4 members (excludes halogenated alkanes) is 13. The van der Waals surface area contributed by atoms with Crippen molar-refractivity contribution in [2.45, 2.75) is 179 Å². The number of rotatable bonds is 32. The van der Waals surface area contributed by atoms with Crippen LogP contribution < -0.4 is 0 Å². The number of ether oxygens (including phenoxy) is 4. The Kier molecular flexibility index (Phi) is 30.5. The number of allylic oxidation sites excluding steroid dienone is 8. The van der Waals surface area contributed by atoms with Crippen LogP contribution in [-0.4, -0.2) is 89.6 Å². The van der Waals surface area contributed by atoms with Gasteiger partial charge < -0.3 is 39.4 Å². The zero-order valence-corrected chi connectivity index (χ0v) is 31.4. The minimum absolute atomic E-state index is 0.125. The summed E-state index contributed by atoms with van der Waals surface area (Å²) in [4.78, 5) is 12.7. The molecule has 1 heterocycles. The molecule has 290 valence electrons. The van der Waals surface area contributed by atoms with Crippen LogP contribution in [0.1, 0.15) is 142 Å². The summed E-state index contributed by atoms with van der Waals surface area (Å²) in [6.07, 6.45) is 31.3. The van der Waals surface area contributed by atoms with Gasteiger partial charge in [0, 0.05) is 13.0 Å². The van der Waals surface area contributed by atoms with Gasteiger partial charge in [-0.1, -0.05) is 114 Å². The molecular weight excluding hydrogens is 636 g/mol. The minimum atomic E-state index is -1.54. The SMILES string of the molecule is CC/C=C\C/C=C\C/C=C\CCCCCCOCC(COC1OC(CO)C(O)C(O)C1O)OC(=O)CCCCCCC/C=C\CCCCCC. The van der Waals surface area contributed by atoms with E-state index in [4.69, 9.17) is 18.9 Å². The number of aliphatic hydroxyl groups is 4. The molecule has 1 saturated heterocycles. The zero-order valence-electron chi connectivity index (χ0n) is 31.4. The fraction of sp³-hybridized carbons (Fsp3) is 0.780. The molecule has 0 amide bonds. The van der Waals surface area contributed by atoms with Crippen molar-refractivity contribution in [1.82, 2.24) is 0 Å². The number of carbonyl (C=O) groups is 1. The molecule has 0 aromatic heterocycles. The first kappa shape index (κ1) is 46.2. The van der Waals surface area contributed by atoms with E-state index in [1.54, 1.807) is 0 Å². The van der Waals surface area contributed by atoms with Gasteiger partial charge in [0.05, 0.1) is 19.8 Å². The molecule has 0 radical (unpaired) electrons. The molecule has 0 bridgehead atoms. The van der Waals surface area contributed by atoms with E-state index in [-0.39, 0.29) is 19.2 Å². The topological polar surface area (TPSA) is 135 Å². The van der Waals surface area contributed by atoms with Gasteiger partial charge in [-0.2, -0.15) is 0 Å². The number of hydrogen-bond donors (Lipinski definition) is 4. The lowest BCUT2D eigenvalue weighted by atomic mass is 9.99. The first-order valence-electron chi connectivity index (χ1n) is 19.7. The summed E-state index contributed by atoms with van der Waals surface area (Å²) in [7, 11) is 0. The quantitative estimate of drug-likeness (QED) is 0.0314. The highest BCUT2D eigenvalue weighted by atomic mass is 16.7. The van der Waals surface area contributed by atoms with Gasteiger partial charge in [-0.3, -0.25) is 4.79 Å². The Hall–Kier alpha value is -1.85. The molecule has 1 fully saturated rings. The fourth-order valence-corrected chi connectivity index (χ4v) is 5.62. The highest BCUT2D eigenvalue weighted by Crippen LogP contribution is 2.22. The molecule has 1 aliphatic rings. The van der Waals surface area contributed by atoms with E-state index in [9.17, 15) is 25.2 Å². The van der Waals surface area contributed by atoms with Crippen LogP contribution >= 0.6 is 0 Å². The molecule has 0 saturated carbocycles. The van der Waals surface area contributed by atoms with E-state index < -0.39 is 43.4 Å². The average molecular weight is 709 g/mol. The Labute approximate surface area is 303 Å². The molecule has 9 nitrogen and oxygen atoms in total. The van der Waals surface area contributed by atoms with Crippen molar-refractivity contribution < 1.29 is 44.2 Å². The van der Waals surface area contributed by atoms with E-state index in [0.29, 0.717) is 13.0 Å². The summed E-state index contributed by atoms with van der Waals surface area (Å²) < 4.78 is 22.7. The van der Waals surface area contributed by atoms with Crippen molar-refractivity contribution in [1.29, 1.82) is 0 Å². The molecule has 6 unspecified atom stereocenters. The summed E-state index contributed by atoms with van der Waals surface area (Å²) in [5, 5.41) is 40.0. The molecule has 1 aliphatic heterocycles. The number of carbonyl (C=O) groups excluding carboxylic acids is 1. The molecule has 6 atom stereocenters. The third-order valence-electron chi connectivity index (χ3n) is 8.73. The van der Waals surface area contributed by atoms with E-state index in [0.717, 1.165) is 89.9 Å². The molecule has 4 N–H and O–H groups in total. The van der Waals surface area contributed by atoms with Gasteiger partial charge in [-0.15, -0.1) is 0 Å². The van der Waals surface area contributed by atoms with Crippen molar-refractivity contribution in [2.24, 2.45) is 0 Å². The maximum atomic E-state index is 12.7. The lowest BCUT2D eigenvalue weighted by Gasteiger charge is -2.39. The maximum Gasteiger partial charge on any atom is 0.306 e. The summed E-state index contributed by atoms with van der Waals surface area (Å²) in [5.41, 5.74) is 0. The lowest BCUT2D eigenvalue weighted by Crippen LogP contribution is -2.59. The molecule has 0 aliphatic carbocycles. The second kappa shape index (κ2) is 33.0. The summed E-state index contributed by atoms with van der Waals surface area (Å²) in [6, 6.07) is 0. The van der Waals surface area contributed by atoms with Crippen molar-refractivity contribution >= 4 is 5.97 Å². The van der Waals surface area contributed by atoms with Gasteiger partial charge in [0.25, 0.3) is 0 Å². The van der Waals surface area contributed by atoms with Crippen LogP contribution in [0.2, 0.25) is 0 Å². The highest BCUT2D eigenvalue weighted by molar-refractivity contribution is 5.69. The molecule has 0 aromatic rings. The Balaban J connectivity index is 2.35. The molecule has 1 rings (SSSR count). The molecule has 0 spiro atoms. The van der Waals surface area contributed by atoms with Crippen molar-refractivity contribution in [3.05, 3.63) is 48.6 Å². The van der Waals surface area contributed by atoms with Crippen LogP contribution in [-0.2, 0) is 23.7 Å². The third-order valence-corrected chi connectivity index (χ3v) is 8.73. The minimum Gasteiger partial charge on any atom is -0.457 e. The smallest absolute Gasteiger partial charge is 0.306 e. The van der Waals surface area contributed by atoms with Gasteiger partial charge in [0.15, 0.2) is 6.29 Å². The molecular formula is C41H72O9. The van der Waals surface area contributed by atoms with Gasteiger partial charge in [-0.25, -0.2) is 0 Å². The van der Waals surface area contributed by atoms with E-state index in [1.165, 1.54) is 32.1 Å². The van der Waals surface area contributed by atoms with E-state index in [1.807, 2.05) is 0 Å². The number of esters is 1. The lowest BCUT2D eigenvalue weighted by molar-refractivity contribution is -0.305. The summed E-state index contributed by atoms with van der Waals surface area (Å²) in [6.45, 7) is 4.34. The Morgan fingerprint density at radius 1 is 0.660 bits per heavy atom. The van der Waals surface area contributed by atoms with E-state index >= 15 is 0 Å². The number of hydrogen-bond acceptors (Lipinski definition) is 9. The molecule has 50 heavy (non-hydrogen) atoms. The Morgan fingerprint density at radius 2 is 1.22 bits per heavy atom. The first-order chi connectivity index (χ1) is 24.4. The van der Waals surface area contributed by atoms with Gasteiger partial charge in [0.2, 0.25) is 0 Å². The van der Waals surface area contributed by atoms with Crippen LogP contribution in [0.3, 0.4) is 0 Å². The van der Waals surface area contributed by atoms with Crippen molar-refractivity contribution in [3.8, 4) is 0 Å². The fourth-order valence-electron chi connectivity index (χ4n) is 5.62. The number of aliphatic hydroxyl groups excluding tert-OH is 4. The van der Waals surface area contributed by atoms with Gasteiger partial charge in [-0.05, 0) is 70.6 Å². The van der Waals surface area contributed by atoms with E-state index in [2.05, 4.69) is 62.5 Å². The second-order valence-corrected chi connectivity index (χ2v) is 13.3. The highest BCUT2D eigenvalue weighted by Gasteiger charge is 2.44. The largest absolute Gasteiger partial charge is 0.457 e. The van der Waals surface area contributed by atoms with Gasteiger partial charge in [0.1, 0.15) is 30.5 Å². The normalized spacial score (nSPS) is 22.1. The first-order valence-corrected chi connectivity index (χ1v) is 19.7. The third kappa shape index (κ3) is 24.4. The van der Waals surface area contributed by atoms with Crippen LogP contribution in [0.4, 0.5) is 0 Å². The standard InChI is InChI=1S/C41H72O9/c1-3-5-7-9-11-13-15-17-19-21-23-25-27-29-31-47-33-35(34-48-41-40(46)39(45)38(44)36(32-42)50-41)49-37(43)30-28-26-24-22-20-18-16-14-12-10-8-6-4-2/h5,7,11,13-14,16-17,19,35-36,38-42,44-46H,3-4,6,8-10,12,15,18,20-34H2,1-2H3/b7-5-,13-11-,16-14-,19-17-. The van der Waals surface area contributed by atoms with Crippen LogP contribution in [0.15, 0.2) is 48.6 Å². The predicted molar refractivity (Wildman–Crippen MR) is 201 cm³/mol. The zero-order chi connectivity index (χ0) is 36.5. The monoisotopic (exact) mass is 709 g/mol. The van der Waals surface area contributed by atoms with Gasteiger partial charge >= 0.3 is 5.97 Å².